The van der Waals surface area contributed by atoms with Gasteiger partial charge in [0.25, 0.3) is 5.91 Å². The van der Waals surface area contributed by atoms with Crippen LogP contribution in [0.4, 0.5) is 5.69 Å². The van der Waals surface area contributed by atoms with Gasteiger partial charge in [-0.1, -0.05) is 0 Å². The molecule has 18 heavy (non-hydrogen) atoms. The molecule has 0 aromatic heterocycles. The molecule has 1 amide bonds. The molecule has 0 aliphatic carbocycles. The van der Waals surface area contributed by atoms with Gasteiger partial charge in [0.2, 0.25) is 0 Å². The summed E-state index contributed by atoms with van der Waals surface area (Å²) in [5.41, 5.74) is 0.512. The van der Waals surface area contributed by atoms with E-state index in [9.17, 15) is 9.59 Å². The SMILES string of the molecule is COC(=O)c1cc(OC)cc2c1NC(=O)C(C)O2. The molecular formula is C12H13NO5. The fourth-order valence-corrected chi connectivity index (χ4v) is 1.67. The Morgan fingerprint density at radius 1 is 1.39 bits per heavy atom. The van der Waals surface area contributed by atoms with Gasteiger partial charge >= 0.3 is 5.97 Å². The van der Waals surface area contributed by atoms with Gasteiger partial charge in [0.1, 0.15) is 11.5 Å². The van der Waals surface area contributed by atoms with Gasteiger partial charge in [0, 0.05) is 6.07 Å². The third-order valence-corrected chi connectivity index (χ3v) is 2.64. The first-order chi connectivity index (χ1) is 8.56. The highest BCUT2D eigenvalue weighted by molar-refractivity contribution is 6.06. The fraction of sp³-hybridized carbons (Fsp3) is 0.333. The summed E-state index contributed by atoms with van der Waals surface area (Å²) in [6.07, 6.45) is -0.616. The minimum absolute atomic E-state index is 0.201. The second-order valence-electron chi connectivity index (χ2n) is 3.79. The summed E-state index contributed by atoms with van der Waals surface area (Å²) >= 11 is 0. The lowest BCUT2D eigenvalue weighted by molar-refractivity contribution is -0.122. The topological polar surface area (TPSA) is 73.9 Å². The molecule has 96 valence electrons. The Morgan fingerprint density at radius 2 is 2.11 bits per heavy atom. The summed E-state index contributed by atoms with van der Waals surface area (Å²) in [6, 6.07) is 3.10. The van der Waals surface area contributed by atoms with Crippen LogP contribution in [0.15, 0.2) is 12.1 Å². The van der Waals surface area contributed by atoms with Crippen molar-refractivity contribution in [2.24, 2.45) is 0 Å². The molecule has 1 atom stereocenters. The van der Waals surface area contributed by atoms with E-state index in [1.807, 2.05) is 0 Å². The smallest absolute Gasteiger partial charge is 0.340 e. The molecule has 1 N–H and O–H groups in total. The van der Waals surface area contributed by atoms with Crippen LogP contribution >= 0.6 is 0 Å². The number of amides is 1. The quantitative estimate of drug-likeness (QED) is 0.799. The van der Waals surface area contributed by atoms with E-state index in [2.05, 4.69) is 10.1 Å². The summed E-state index contributed by atoms with van der Waals surface area (Å²) in [7, 11) is 2.75. The monoisotopic (exact) mass is 251 g/mol. The number of anilines is 1. The molecule has 1 aliphatic heterocycles. The Labute approximate surface area is 104 Å². The third-order valence-electron chi connectivity index (χ3n) is 2.64. The predicted molar refractivity (Wildman–Crippen MR) is 63.1 cm³/mol. The number of esters is 1. The fourth-order valence-electron chi connectivity index (χ4n) is 1.67. The van der Waals surface area contributed by atoms with Gasteiger partial charge in [-0.25, -0.2) is 4.79 Å². The number of hydrogen-bond acceptors (Lipinski definition) is 5. The van der Waals surface area contributed by atoms with Crippen molar-refractivity contribution >= 4 is 17.6 Å². The Kier molecular flexibility index (Phi) is 3.10. The Hall–Kier alpha value is -2.24. The van der Waals surface area contributed by atoms with Crippen LogP contribution in [-0.2, 0) is 9.53 Å². The molecule has 6 nitrogen and oxygen atoms in total. The third kappa shape index (κ3) is 1.97. The number of rotatable bonds is 2. The average Bonchev–Trinajstić information content (AvgIpc) is 2.38. The summed E-state index contributed by atoms with van der Waals surface area (Å²) in [4.78, 5) is 23.2. The van der Waals surface area contributed by atoms with Gasteiger partial charge < -0.3 is 19.5 Å². The molecule has 0 radical (unpaired) electrons. The lowest BCUT2D eigenvalue weighted by atomic mass is 10.1. The average molecular weight is 251 g/mol. The van der Waals surface area contributed by atoms with Crippen LogP contribution < -0.4 is 14.8 Å². The molecule has 0 bridgehead atoms. The zero-order chi connectivity index (χ0) is 13.3. The van der Waals surface area contributed by atoms with E-state index in [-0.39, 0.29) is 11.5 Å². The van der Waals surface area contributed by atoms with Crippen molar-refractivity contribution in [2.45, 2.75) is 13.0 Å². The van der Waals surface area contributed by atoms with Gasteiger partial charge in [-0.3, -0.25) is 4.79 Å². The lowest BCUT2D eigenvalue weighted by Gasteiger charge is -2.25. The number of ether oxygens (including phenoxy) is 3. The first-order valence-electron chi connectivity index (χ1n) is 5.34. The Bertz CT molecular complexity index is 511. The molecule has 1 aromatic rings. The van der Waals surface area contributed by atoms with Crippen LogP contribution in [0, 0.1) is 0 Å². The normalized spacial score (nSPS) is 17.3. The molecule has 0 spiro atoms. The number of methoxy groups -OCH3 is 2. The van der Waals surface area contributed by atoms with Crippen LogP contribution in [0.5, 0.6) is 11.5 Å². The van der Waals surface area contributed by atoms with Crippen molar-refractivity contribution in [2.75, 3.05) is 19.5 Å². The van der Waals surface area contributed by atoms with Gasteiger partial charge in [-0.2, -0.15) is 0 Å². The van der Waals surface area contributed by atoms with Crippen LogP contribution in [-0.4, -0.2) is 32.2 Å². The number of nitrogens with one attached hydrogen (secondary N) is 1. The van der Waals surface area contributed by atoms with Crippen molar-refractivity contribution in [3.63, 3.8) is 0 Å². The zero-order valence-corrected chi connectivity index (χ0v) is 10.3. The first kappa shape index (κ1) is 12.2. The van der Waals surface area contributed by atoms with Gasteiger partial charge in [0.15, 0.2) is 6.10 Å². The maximum Gasteiger partial charge on any atom is 0.340 e. The van der Waals surface area contributed by atoms with E-state index in [0.717, 1.165) is 0 Å². The van der Waals surface area contributed by atoms with Gasteiger partial charge in [0.05, 0.1) is 25.5 Å². The van der Waals surface area contributed by atoms with E-state index in [0.29, 0.717) is 17.2 Å². The minimum Gasteiger partial charge on any atom is -0.497 e. The number of benzene rings is 1. The maximum absolute atomic E-state index is 11.7. The molecule has 0 fully saturated rings. The second-order valence-corrected chi connectivity index (χ2v) is 3.79. The minimum atomic E-state index is -0.616. The van der Waals surface area contributed by atoms with Crippen molar-refractivity contribution in [1.29, 1.82) is 0 Å². The summed E-state index contributed by atoms with van der Waals surface area (Å²) in [5, 5.41) is 2.62. The highest BCUT2D eigenvalue weighted by atomic mass is 16.5. The van der Waals surface area contributed by atoms with Crippen LogP contribution in [0.3, 0.4) is 0 Å². The van der Waals surface area contributed by atoms with Crippen molar-refractivity contribution in [3.8, 4) is 11.5 Å². The molecule has 1 heterocycles. The van der Waals surface area contributed by atoms with Crippen molar-refractivity contribution in [1.82, 2.24) is 0 Å². The highest BCUT2D eigenvalue weighted by Crippen LogP contribution is 2.37. The number of hydrogen-bond donors (Lipinski definition) is 1. The molecule has 0 saturated carbocycles. The number of carbonyl (C=O) groups is 2. The molecule has 1 aromatic carbocycles. The van der Waals surface area contributed by atoms with Crippen molar-refractivity contribution in [3.05, 3.63) is 17.7 Å². The number of fused-ring (bicyclic) bond motifs is 1. The van der Waals surface area contributed by atoms with E-state index in [1.54, 1.807) is 13.0 Å². The van der Waals surface area contributed by atoms with E-state index in [1.165, 1.54) is 20.3 Å². The molecule has 1 aliphatic rings. The molecular weight excluding hydrogens is 238 g/mol. The second kappa shape index (κ2) is 4.56. The van der Waals surface area contributed by atoms with Crippen LogP contribution in [0.1, 0.15) is 17.3 Å². The first-order valence-corrected chi connectivity index (χ1v) is 5.34. The maximum atomic E-state index is 11.7. The summed E-state index contributed by atoms with van der Waals surface area (Å²) in [6.45, 7) is 1.62. The lowest BCUT2D eigenvalue weighted by Crippen LogP contribution is -2.35. The Balaban J connectivity index is 2.56. The van der Waals surface area contributed by atoms with E-state index in [4.69, 9.17) is 9.47 Å². The summed E-state index contributed by atoms with van der Waals surface area (Å²) in [5.74, 6) is -0.0271. The van der Waals surface area contributed by atoms with Gasteiger partial charge in [-0.05, 0) is 13.0 Å². The highest BCUT2D eigenvalue weighted by Gasteiger charge is 2.29. The largest absolute Gasteiger partial charge is 0.497 e. The molecule has 1 unspecified atom stereocenters. The van der Waals surface area contributed by atoms with Crippen molar-refractivity contribution < 1.29 is 23.8 Å². The Morgan fingerprint density at radius 3 is 2.72 bits per heavy atom. The zero-order valence-electron chi connectivity index (χ0n) is 10.3. The molecule has 2 rings (SSSR count). The summed E-state index contributed by atoms with van der Waals surface area (Å²) < 4.78 is 15.2. The predicted octanol–water partition coefficient (Wildman–Crippen LogP) is 1.20. The van der Waals surface area contributed by atoms with E-state index < -0.39 is 12.1 Å². The number of carbonyl (C=O) groups excluding carboxylic acids is 2. The molecule has 0 saturated heterocycles. The standard InChI is InChI=1S/C12H13NO5/c1-6-11(14)13-10-8(12(15)17-3)4-7(16-2)5-9(10)18-6/h4-6H,1-3H3,(H,13,14). The van der Waals surface area contributed by atoms with Crippen LogP contribution in [0.25, 0.3) is 0 Å². The van der Waals surface area contributed by atoms with Gasteiger partial charge in [-0.15, -0.1) is 0 Å². The van der Waals surface area contributed by atoms with Crippen LogP contribution in [0.2, 0.25) is 0 Å². The van der Waals surface area contributed by atoms with E-state index >= 15 is 0 Å². The molecule has 6 heteroatoms.